The van der Waals surface area contributed by atoms with Gasteiger partial charge in [0.05, 0.1) is 5.02 Å². The van der Waals surface area contributed by atoms with Gasteiger partial charge in [0.15, 0.2) is 0 Å². The van der Waals surface area contributed by atoms with Crippen molar-refractivity contribution in [2.75, 3.05) is 5.73 Å². The number of aryl methyl sites for hydroxylation is 1. The van der Waals surface area contributed by atoms with Crippen molar-refractivity contribution in [1.29, 1.82) is 0 Å². The molecule has 0 aliphatic carbocycles. The lowest BCUT2D eigenvalue weighted by molar-refractivity contribution is 0.665. The van der Waals surface area contributed by atoms with Gasteiger partial charge < -0.3 is 10.3 Å². The highest BCUT2D eigenvalue weighted by atomic mass is 79.9. The van der Waals surface area contributed by atoms with Crippen LogP contribution < -0.4 is 5.73 Å². The summed E-state index contributed by atoms with van der Waals surface area (Å²) in [7, 11) is 0. The molecule has 5 heteroatoms. The van der Waals surface area contributed by atoms with Gasteiger partial charge in [-0.3, -0.25) is 0 Å². The van der Waals surface area contributed by atoms with Crippen LogP contribution in [0.5, 0.6) is 0 Å². The van der Waals surface area contributed by atoms with E-state index in [4.69, 9.17) is 17.3 Å². The Morgan fingerprint density at radius 2 is 2.17 bits per heavy atom. The molecule has 0 aliphatic rings. The van der Waals surface area contributed by atoms with E-state index < -0.39 is 0 Å². The van der Waals surface area contributed by atoms with Crippen LogP contribution in [-0.2, 0) is 6.54 Å². The molecule has 2 aromatic rings. The highest BCUT2D eigenvalue weighted by Crippen LogP contribution is 2.31. The van der Waals surface area contributed by atoms with E-state index in [-0.39, 0.29) is 0 Å². The number of nitrogen functional groups attached to an aromatic ring is 1. The molecule has 0 fully saturated rings. The van der Waals surface area contributed by atoms with E-state index in [1.807, 2.05) is 29.7 Å². The molecular weight excluding hydrogens is 314 g/mol. The van der Waals surface area contributed by atoms with Crippen molar-refractivity contribution >= 4 is 33.3 Å². The Hall–Kier alpha value is -1.00. The second kappa shape index (κ2) is 5.33. The number of aromatic nitrogens is 2. The Balaban J connectivity index is 2.50. The van der Waals surface area contributed by atoms with E-state index in [2.05, 4.69) is 27.8 Å². The molecule has 0 saturated heterocycles. The minimum atomic E-state index is 0.682. The fourth-order valence-corrected chi connectivity index (χ4v) is 2.44. The topological polar surface area (TPSA) is 43.8 Å². The smallest absolute Gasteiger partial charge is 0.131 e. The lowest BCUT2D eigenvalue weighted by atomic mass is 10.1. The molecule has 0 radical (unpaired) electrons. The summed E-state index contributed by atoms with van der Waals surface area (Å²) in [5, 5.41) is 0.682. The molecule has 2 N–H and O–H groups in total. The molecule has 0 unspecified atom stereocenters. The van der Waals surface area contributed by atoms with E-state index in [9.17, 15) is 0 Å². The Morgan fingerprint density at radius 3 is 2.78 bits per heavy atom. The minimum absolute atomic E-state index is 0.682. The number of imidazole rings is 1. The summed E-state index contributed by atoms with van der Waals surface area (Å²) < 4.78 is 2.89. The highest BCUT2D eigenvalue weighted by molar-refractivity contribution is 9.10. The van der Waals surface area contributed by atoms with Gasteiger partial charge in [-0.2, -0.15) is 0 Å². The molecule has 0 bridgehead atoms. The van der Waals surface area contributed by atoms with Gasteiger partial charge in [0, 0.05) is 16.6 Å². The average molecular weight is 329 g/mol. The van der Waals surface area contributed by atoms with Gasteiger partial charge in [-0.1, -0.05) is 24.6 Å². The van der Waals surface area contributed by atoms with Crippen molar-refractivity contribution in [3.05, 3.63) is 33.5 Å². The number of anilines is 1. The number of hydrogen-bond acceptors (Lipinski definition) is 2. The number of nitrogens with zero attached hydrogens (tertiary/aromatic N) is 2. The number of halogens is 2. The predicted octanol–water partition coefficient (Wildman–Crippen LogP) is 4.27. The number of rotatable bonds is 3. The van der Waals surface area contributed by atoms with E-state index >= 15 is 0 Å². The molecule has 0 atom stereocenters. The maximum absolute atomic E-state index is 6.16. The molecular formula is C13H15BrClN3. The van der Waals surface area contributed by atoms with Crippen molar-refractivity contribution in [2.45, 2.75) is 26.8 Å². The Morgan fingerprint density at radius 1 is 1.44 bits per heavy atom. The molecule has 1 heterocycles. The van der Waals surface area contributed by atoms with Crippen molar-refractivity contribution in [2.24, 2.45) is 0 Å². The molecule has 0 aliphatic heterocycles. The molecule has 0 spiro atoms. The van der Waals surface area contributed by atoms with E-state index in [0.717, 1.165) is 34.5 Å². The zero-order valence-electron chi connectivity index (χ0n) is 10.4. The van der Waals surface area contributed by atoms with Gasteiger partial charge in [-0.25, -0.2) is 4.98 Å². The largest absolute Gasteiger partial charge is 0.383 e. The maximum atomic E-state index is 6.16. The zero-order chi connectivity index (χ0) is 13.3. The summed E-state index contributed by atoms with van der Waals surface area (Å²) in [5.41, 5.74) is 7.95. The summed E-state index contributed by atoms with van der Waals surface area (Å²) in [5.74, 6) is 1.65. The van der Waals surface area contributed by atoms with Crippen LogP contribution in [-0.4, -0.2) is 9.55 Å². The summed E-state index contributed by atoms with van der Waals surface area (Å²) in [6.45, 7) is 4.98. The first-order valence-corrected chi connectivity index (χ1v) is 6.99. The van der Waals surface area contributed by atoms with Gasteiger partial charge in [0.1, 0.15) is 17.3 Å². The molecule has 0 saturated carbocycles. The normalized spacial score (nSPS) is 10.9. The Labute approximate surface area is 120 Å². The van der Waals surface area contributed by atoms with Crippen molar-refractivity contribution in [3.8, 4) is 11.3 Å². The van der Waals surface area contributed by atoms with Crippen LogP contribution >= 0.6 is 27.5 Å². The van der Waals surface area contributed by atoms with Crippen LogP contribution in [0.3, 0.4) is 0 Å². The Kier molecular flexibility index (Phi) is 3.97. The van der Waals surface area contributed by atoms with Gasteiger partial charge in [0.2, 0.25) is 0 Å². The fraction of sp³-hybridized carbons (Fsp3) is 0.308. The standard InChI is InChI=1S/C13H15BrClN3/c1-3-6-18-8(2)17-12(13(18)16)9-4-5-11(15)10(14)7-9/h4-5,7H,3,6,16H2,1-2H3. The number of nitrogens with two attached hydrogens (primary N) is 1. The molecule has 1 aromatic heterocycles. The fourth-order valence-electron chi connectivity index (χ4n) is 1.94. The van der Waals surface area contributed by atoms with Crippen LogP contribution in [0.4, 0.5) is 5.82 Å². The van der Waals surface area contributed by atoms with Crippen molar-refractivity contribution in [3.63, 3.8) is 0 Å². The first-order valence-electron chi connectivity index (χ1n) is 5.82. The van der Waals surface area contributed by atoms with Crippen LogP contribution in [0.2, 0.25) is 5.02 Å². The lowest BCUT2D eigenvalue weighted by Crippen LogP contribution is -2.04. The molecule has 3 nitrogen and oxygen atoms in total. The summed E-state index contributed by atoms with van der Waals surface area (Å²) >= 11 is 9.41. The van der Waals surface area contributed by atoms with E-state index in [1.54, 1.807) is 0 Å². The number of benzene rings is 1. The van der Waals surface area contributed by atoms with Gasteiger partial charge in [-0.05, 0) is 41.4 Å². The van der Waals surface area contributed by atoms with Crippen LogP contribution in [0.15, 0.2) is 22.7 Å². The van der Waals surface area contributed by atoms with Crippen molar-refractivity contribution < 1.29 is 0 Å². The first-order chi connectivity index (χ1) is 8.54. The average Bonchev–Trinajstić information content (AvgIpc) is 2.61. The van der Waals surface area contributed by atoms with Gasteiger partial charge >= 0.3 is 0 Å². The van der Waals surface area contributed by atoms with E-state index in [0.29, 0.717) is 10.8 Å². The van der Waals surface area contributed by atoms with Crippen molar-refractivity contribution in [1.82, 2.24) is 9.55 Å². The molecule has 2 rings (SSSR count). The second-order valence-electron chi connectivity index (χ2n) is 4.17. The monoisotopic (exact) mass is 327 g/mol. The number of hydrogen-bond donors (Lipinski definition) is 1. The molecule has 18 heavy (non-hydrogen) atoms. The third-order valence-corrected chi connectivity index (χ3v) is 4.05. The molecule has 96 valence electrons. The zero-order valence-corrected chi connectivity index (χ0v) is 12.7. The summed E-state index contributed by atoms with van der Waals surface area (Å²) in [6.07, 6.45) is 1.03. The van der Waals surface area contributed by atoms with Crippen LogP contribution in [0.25, 0.3) is 11.3 Å². The SMILES string of the molecule is CCCn1c(C)nc(-c2ccc(Cl)c(Br)c2)c1N. The van der Waals surface area contributed by atoms with Gasteiger partial charge in [0.25, 0.3) is 0 Å². The van der Waals surface area contributed by atoms with Crippen LogP contribution in [0, 0.1) is 6.92 Å². The third-order valence-electron chi connectivity index (χ3n) is 2.84. The maximum Gasteiger partial charge on any atom is 0.131 e. The quantitative estimate of drug-likeness (QED) is 0.914. The Bertz CT molecular complexity index is 578. The third kappa shape index (κ3) is 2.40. The molecule has 0 amide bonds. The van der Waals surface area contributed by atoms with E-state index in [1.165, 1.54) is 0 Å². The van der Waals surface area contributed by atoms with Crippen LogP contribution in [0.1, 0.15) is 19.2 Å². The summed E-state index contributed by atoms with van der Waals surface area (Å²) in [6, 6.07) is 5.72. The highest BCUT2D eigenvalue weighted by Gasteiger charge is 2.13. The first kappa shape index (κ1) is 13.4. The molecule has 1 aromatic carbocycles. The minimum Gasteiger partial charge on any atom is -0.383 e. The van der Waals surface area contributed by atoms with Gasteiger partial charge in [-0.15, -0.1) is 0 Å². The predicted molar refractivity (Wildman–Crippen MR) is 79.8 cm³/mol. The second-order valence-corrected chi connectivity index (χ2v) is 5.43. The lowest BCUT2D eigenvalue weighted by Gasteiger charge is -2.06. The summed E-state index contributed by atoms with van der Waals surface area (Å²) in [4.78, 5) is 4.54.